The summed E-state index contributed by atoms with van der Waals surface area (Å²) in [5, 5.41) is 6.26. The molecule has 0 aromatic heterocycles. The second-order valence-corrected chi connectivity index (χ2v) is 6.07. The lowest BCUT2D eigenvalue weighted by Gasteiger charge is -2.30. The molecule has 118 valence electrons. The molecule has 1 amide bonds. The van der Waals surface area contributed by atoms with Crippen LogP contribution in [0.1, 0.15) is 19.4 Å². The third-order valence-corrected chi connectivity index (χ3v) is 4.25. The van der Waals surface area contributed by atoms with Crippen molar-refractivity contribution in [1.82, 2.24) is 10.6 Å². The number of carbonyl (C=O) groups is 1. The van der Waals surface area contributed by atoms with Crippen LogP contribution in [0.25, 0.3) is 0 Å². The molecule has 6 heteroatoms. The van der Waals surface area contributed by atoms with Crippen molar-refractivity contribution in [3.05, 3.63) is 34.3 Å². The van der Waals surface area contributed by atoms with E-state index < -0.39 is 0 Å². The zero-order valence-corrected chi connectivity index (χ0v) is 14.7. The molecule has 3 atom stereocenters. The Hall–Kier alpha value is -0.620. The van der Waals surface area contributed by atoms with Crippen molar-refractivity contribution in [2.45, 2.75) is 38.5 Å². The standard InChI is InChI=1S/C15H21BrN2O2.ClH/c1-10(9-12-5-3-4-6-13(12)16)18-15(19)14-11(2)20-8-7-17-14;/h3-6,10-11,14,17H,7-9H2,1-2H3,(H,18,19);1H/t10?,11-,14+;/m1./s1. The minimum atomic E-state index is -0.259. The molecule has 2 N–H and O–H groups in total. The Morgan fingerprint density at radius 3 is 2.90 bits per heavy atom. The minimum Gasteiger partial charge on any atom is -0.375 e. The van der Waals surface area contributed by atoms with Crippen LogP contribution in [0, 0.1) is 0 Å². The highest BCUT2D eigenvalue weighted by Gasteiger charge is 2.28. The van der Waals surface area contributed by atoms with Crippen molar-refractivity contribution < 1.29 is 9.53 Å². The number of ether oxygens (including phenoxy) is 1. The first kappa shape index (κ1) is 18.4. The van der Waals surface area contributed by atoms with E-state index >= 15 is 0 Å². The lowest BCUT2D eigenvalue weighted by Crippen LogP contribution is -2.56. The molecule has 1 aromatic rings. The molecule has 0 bridgehead atoms. The maximum Gasteiger partial charge on any atom is 0.240 e. The molecule has 0 spiro atoms. The van der Waals surface area contributed by atoms with E-state index in [1.165, 1.54) is 5.56 Å². The van der Waals surface area contributed by atoms with Gasteiger partial charge in [-0.1, -0.05) is 34.1 Å². The molecule has 0 radical (unpaired) electrons. The topological polar surface area (TPSA) is 50.4 Å². The molecule has 1 unspecified atom stereocenters. The average Bonchev–Trinajstić information content (AvgIpc) is 2.41. The Balaban J connectivity index is 0.00000220. The molecule has 4 nitrogen and oxygen atoms in total. The Labute approximate surface area is 140 Å². The quantitative estimate of drug-likeness (QED) is 0.846. The molecule has 1 aliphatic rings. The van der Waals surface area contributed by atoms with Gasteiger partial charge in [-0.3, -0.25) is 4.79 Å². The molecule has 0 aliphatic carbocycles. The fourth-order valence-corrected chi connectivity index (χ4v) is 2.85. The summed E-state index contributed by atoms with van der Waals surface area (Å²) in [6.45, 7) is 5.33. The maximum atomic E-state index is 12.2. The molecule has 2 rings (SSSR count). The van der Waals surface area contributed by atoms with Crippen LogP contribution < -0.4 is 10.6 Å². The molecular formula is C15H22BrClN2O2. The van der Waals surface area contributed by atoms with E-state index in [9.17, 15) is 4.79 Å². The second-order valence-electron chi connectivity index (χ2n) is 5.21. The largest absolute Gasteiger partial charge is 0.375 e. The number of halogens is 2. The van der Waals surface area contributed by atoms with Crippen molar-refractivity contribution in [3.63, 3.8) is 0 Å². The lowest BCUT2D eigenvalue weighted by molar-refractivity contribution is -0.129. The smallest absolute Gasteiger partial charge is 0.240 e. The Bertz CT molecular complexity index is 473. The predicted molar refractivity (Wildman–Crippen MR) is 89.9 cm³/mol. The van der Waals surface area contributed by atoms with E-state index in [1.54, 1.807) is 0 Å². The summed E-state index contributed by atoms with van der Waals surface area (Å²) in [6.07, 6.45) is 0.717. The fraction of sp³-hybridized carbons (Fsp3) is 0.533. The summed E-state index contributed by atoms with van der Waals surface area (Å²) < 4.78 is 6.58. The van der Waals surface area contributed by atoms with Gasteiger partial charge < -0.3 is 15.4 Å². The van der Waals surface area contributed by atoms with Gasteiger partial charge in [0.05, 0.1) is 12.7 Å². The van der Waals surface area contributed by atoms with Gasteiger partial charge in [-0.2, -0.15) is 0 Å². The Kier molecular flexibility index (Phi) is 7.66. The summed E-state index contributed by atoms with van der Waals surface area (Å²) in [7, 11) is 0. The van der Waals surface area contributed by atoms with Crippen LogP contribution in [0.2, 0.25) is 0 Å². The van der Waals surface area contributed by atoms with Crippen molar-refractivity contribution >= 4 is 34.2 Å². The normalized spacial score (nSPS) is 23.0. The van der Waals surface area contributed by atoms with Crippen LogP contribution >= 0.6 is 28.3 Å². The molecule has 1 heterocycles. The highest BCUT2D eigenvalue weighted by atomic mass is 79.9. The summed E-state index contributed by atoms with van der Waals surface area (Å²) in [4.78, 5) is 12.2. The molecule has 1 saturated heterocycles. The first-order chi connectivity index (χ1) is 9.58. The number of rotatable bonds is 4. The number of hydrogen-bond donors (Lipinski definition) is 2. The molecule has 0 saturated carbocycles. The minimum absolute atomic E-state index is 0. The first-order valence-corrected chi connectivity index (χ1v) is 7.76. The zero-order valence-electron chi connectivity index (χ0n) is 12.3. The van der Waals surface area contributed by atoms with Crippen molar-refractivity contribution in [3.8, 4) is 0 Å². The third-order valence-electron chi connectivity index (χ3n) is 3.47. The predicted octanol–water partition coefficient (Wildman–Crippen LogP) is 2.30. The van der Waals surface area contributed by atoms with E-state index in [-0.39, 0.29) is 36.5 Å². The maximum absolute atomic E-state index is 12.2. The third kappa shape index (κ3) is 5.25. The van der Waals surface area contributed by atoms with Crippen LogP contribution in [0.4, 0.5) is 0 Å². The van der Waals surface area contributed by atoms with E-state index in [2.05, 4.69) is 32.6 Å². The number of hydrogen-bond acceptors (Lipinski definition) is 3. The molecule has 21 heavy (non-hydrogen) atoms. The van der Waals surface area contributed by atoms with Crippen LogP contribution in [-0.2, 0) is 16.0 Å². The van der Waals surface area contributed by atoms with Crippen molar-refractivity contribution in [2.24, 2.45) is 0 Å². The summed E-state index contributed by atoms with van der Waals surface area (Å²) in [5.41, 5.74) is 1.20. The van der Waals surface area contributed by atoms with Gasteiger partial charge in [-0.05, 0) is 31.9 Å². The van der Waals surface area contributed by atoms with E-state index in [1.807, 2.05) is 32.0 Å². The van der Waals surface area contributed by atoms with E-state index in [0.717, 1.165) is 17.4 Å². The van der Waals surface area contributed by atoms with Crippen LogP contribution in [0.15, 0.2) is 28.7 Å². The van der Waals surface area contributed by atoms with Crippen LogP contribution in [-0.4, -0.2) is 37.2 Å². The number of carbonyl (C=O) groups excluding carboxylic acids is 1. The molecular weight excluding hydrogens is 356 g/mol. The van der Waals surface area contributed by atoms with Crippen LogP contribution in [0.3, 0.4) is 0 Å². The van der Waals surface area contributed by atoms with Gasteiger partial charge >= 0.3 is 0 Å². The van der Waals surface area contributed by atoms with Gasteiger partial charge in [-0.15, -0.1) is 12.4 Å². The highest BCUT2D eigenvalue weighted by Crippen LogP contribution is 2.17. The van der Waals surface area contributed by atoms with Gasteiger partial charge in [0.2, 0.25) is 5.91 Å². The summed E-state index contributed by atoms with van der Waals surface area (Å²) in [5.74, 6) is 0.0109. The fourth-order valence-electron chi connectivity index (χ4n) is 2.40. The second kappa shape index (κ2) is 8.73. The SMILES string of the molecule is CC(Cc1ccccc1Br)NC(=O)[C@H]1NCCO[C@@H]1C.Cl. The summed E-state index contributed by atoms with van der Waals surface area (Å²) >= 11 is 3.53. The van der Waals surface area contributed by atoms with Gasteiger partial charge in [0.15, 0.2) is 0 Å². The number of nitrogens with one attached hydrogen (secondary N) is 2. The summed E-state index contributed by atoms with van der Waals surface area (Å²) in [6, 6.07) is 7.90. The first-order valence-electron chi connectivity index (χ1n) is 6.96. The van der Waals surface area contributed by atoms with Gasteiger partial charge in [0.25, 0.3) is 0 Å². The highest BCUT2D eigenvalue weighted by molar-refractivity contribution is 9.10. The zero-order chi connectivity index (χ0) is 14.5. The Morgan fingerprint density at radius 1 is 1.52 bits per heavy atom. The van der Waals surface area contributed by atoms with Gasteiger partial charge in [0.1, 0.15) is 6.04 Å². The average molecular weight is 378 g/mol. The van der Waals surface area contributed by atoms with Gasteiger partial charge in [0, 0.05) is 17.1 Å². The van der Waals surface area contributed by atoms with Crippen molar-refractivity contribution in [1.29, 1.82) is 0 Å². The van der Waals surface area contributed by atoms with Crippen molar-refractivity contribution in [2.75, 3.05) is 13.2 Å². The van der Waals surface area contributed by atoms with Crippen LogP contribution in [0.5, 0.6) is 0 Å². The molecule has 1 aliphatic heterocycles. The monoisotopic (exact) mass is 376 g/mol. The van der Waals surface area contributed by atoms with E-state index in [0.29, 0.717) is 6.61 Å². The number of morpholine rings is 1. The Morgan fingerprint density at radius 2 is 2.24 bits per heavy atom. The van der Waals surface area contributed by atoms with Gasteiger partial charge in [-0.25, -0.2) is 0 Å². The number of benzene rings is 1. The molecule has 1 fully saturated rings. The van der Waals surface area contributed by atoms with E-state index in [4.69, 9.17) is 4.74 Å². The molecule has 1 aromatic carbocycles. The number of amides is 1. The lowest BCUT2D eigenvalue weighted by atomic mass is 10.1.